The number of rotatable bonds is 7. The zero-order valence-corrected chi connectivity index (χ0v) is 20.5. The molecule has 38 heavy (non-hydrogen) atoms. The Balaban J connectivity index is 1.80. The van der Waals surface area contributed by atoms with E-state index in [-0.39, 0.29) is 33.8 Å². The molecule has 0 radical (unpaired) electrons. The van der Waals surface area contributed by atoms with Crippen LogP contribution >= 0.6 is 0 Å². The van der Waals surface area contributed by atoms with Crippen LogP contribution in [0.15, 0.2) is 97.1 Å². The van der Waals surface area contributed by atoms with E-state index in [4.69, 9.17) is 18.9 Å². The monoisotopic (exact) mass is 510 g/mol. The molecule has 8 heteroatoms. The maximum Gasteiger partial charge on any atom is 0.345 e. The molecule has 0 aliphatic carbocycles. The summed E-state index contributed by atoms with van der Waals surface area (Å²) < 4.78 is 20.7. The van der Waals surface area contributed by atoms with Gasteiger partial charge in [-0.1, -0.05) is 66.7 Å². The van der Waals surface area contributed by atoms with Crippen LogP contribution in [0.25, 0.3) is 11.1 Å². The Morgan fingerprint density at radius 3 is 1.50 bits per heavy atom. The Labute approximate surface area is 218 Å². The zero-order valence-electron chi connectivity index (χ0n) is 20.5. The highest BCUT2D eigenvalue weighted by atomic mass is 16.6. The zero-order chi connectivity index (χ0) is 27.1. The third-order valence-corrected chi connectivity index (χ3v) is 5.56. The van der Waals surface area contributed by atoms with Gasteiger partial charge in [0.1, 0.15) is 22.6 Å². The van der Waals surface area contributed by atoms with Crippen LogP contribution in [0.5, 0.6) is 11.5 Å². The Morgan fingerprint density at radius 2 is 0.947 bits per heavy atom. The third-order valence-electron chi connectivity index (χ3n) is 5.56. The maximum atomic E-state index is 13.6. The van der Waals surface area contributed by atoms with Crippen molar-refractivity contribution in [2.24, 2.45) is 0 Å². The fourth-order valence-corrected chi connectivity index (χ4v) is 3.77. The average molecular weight is 510 g/mol. The highest BCUT2D eigenvalue weighted by molar-refractivity contribution is 6.09. The van der Waals surface area contributed by atoms with Crippen LogP contribution < -0.4 is 9.47 Å². The first-order valence-corrected chi connectivity index (χ1v) is 11.4. The van der Waals surface area contributed by atoms with Gasteiger partial charge in [0.25, 0.3) is 0 Å². The van der Waals surface area contributed by atoms with Crippen molar-refractivity contribution in [3.63, 3.8) is 0 Å². The molecule has 0 unspecified atom stereocenters. The summed E-state index contributed by atoms with van der Waals surface area (Å²) in [6, 6.07) is 25.8. The highest BCUT2D eigenvalue weighted by Crippen LogP contribution is 2.30. The summed E-state index contributed by atoms with van der Waals surface area (Å²) in [4.78, 5) is 51.4. The van der Waals surface area contributed by atoms with Gasteiger partial charge < -0.3 is 18.9 Å². The molecule has 0 saturated heterocycles. The second kappa shape index (κ2) is 11.7. The Hall–Kier alpha value is -5.24. The molecular weight excluding hydrogens is 488 g/mol. The quantitative estimate of drug-likeness (QED) is 0.242. The first-order chi connectivity index (χ1) is 18.4. The van der Waals surface area contributed by atoms with Crippen molar-refractivity contribution in [2.45, 2.75) is 0 Å². The van der Waals surface area contributed by atoms with E-state index in [2.05, 4.69) is 0 Å². The lowest BCUT2D eigenvalue weighted by Crippen LogP contribution is -2.20. The standard InChI is InChI=1S/C30H22O8/c1-35-27(31)21-13-6-8-17-24(21)37-29(33)23-16-10-15-20(19-11-4-3-5-12-19)26(23)30(34)38-25-18-9-7-14-22(25)28(32)36-2/h3-18H,1-2H3. The van der Waals surface area contributed by atoms with Gasteiger partial charge in [0.05, 0.1) is 25.3 Å². The first kappa shape index (κ1) is 25.8. The normalized spacial score (nSPS) is 10.3. The van der Waals surface area contributed by atoms with E-state index in [9.17, 15) is 19.2 Å². The Bertz CT molecular complexity index is 1510. The average Bonchev–Trinajstić information content (AvgIpc) is 2.96. The van der Waals surface area contributed by atoms with Gasteiger partial charge in [-0.15, -0.1) is 0 Å². The summed E-state index contributed by atoms with van der Waals surface area (Å²) in [7, 11) is 2.43. The summed E-state index contributed by atoms with van der Waals surface area (Å²) in [5.41, 5.74) is 0.938. The second-order valence-electron chi connectivity index (χ2n) is 7.85. The largest absolute Gasteiger partial charge is 0.465 e. The van der Waals surface area contributed by atoms with Crippen LogP contribution in [0.3, 0.4) is 0 Å². The number of para-hydroxylation sites is 2. The summed E-state index contributed by atoms with van der Waals surface area (Å²) in [5, 5.41) is 0. The smallest absolute Gasteiger partial charge is 0.345 e. The van der Waals surface area contributed by atoms with Crippen LogP contribution in [0.4, 0.5) is 0 Å². The van der Waals surface area contributed by atoms with Crippen LogP contribution in [0, 0.1) is 0 Å². The topological polar surface area (TPSA) is 105 Å². The van der Waals surface area contributed by atoms with Gasteiger partial charge in [0.2, 0.25) is 0 Å². The van der Waals surface area contributed by atoms with Gasteiger partial charge >= 0.3 is 23.9 Å². The van der Waals surface area contributed by atoms with E-state index in [1.165, 1.54) is 44.6 Å². The fraction of sp³-hybridized carbons (Fsp3) is 0.0667. The summed E-state index contributed by atoms with van der Waals surface area (Å²) in [6.45, 7) is 0. The van der Waals surface area contributed by atoms with Crippen molar-refractivity contribution in [1.82, 2.24) is 0 Å². The molecule has 0 saturated carbocycles. The van der Waals surface area contributed by atoms with E-state index >= 15 is 0 Å². The first-order valence-electron chi connectivity index (χ1n) is 11.4. The van der Waals surface area contributed by atoms with Crippen molar-refractivity contribution in [2.75, 3.05) is 14.2 Å². The van der Waals surface area contributed by atoms with E-state index < -0.39 is 23.9 Å². The molecule has 4 aromatic carbocycles. The van der Waals surface area contributed by atoms with Gasteiger partial charge in [-0.25, -0.2) is 19.2 Å². The van der Waals surface area contributed by atoms with E-state index in [1.807, 2.05) is 6.07 Å². The van der Waals surface area contributed by atoms with Gasteiger partial charge in [0.15, 0.2) is 0 Å². The van der Waals surface area contributed by atoms with E-state index in [0.29, 0.717) is 11.1 Å². The number of esters is 4. The number of carbonyl (C=O) groups excluding carboxylic acids is 4. The van der Waals surface area contributed by atoms with E-state index in [1.54, 1.807) is 60.7 Å². The fourth-order valence-electron chi connectivity index (χ4n) is 3.77. The molecule has 0 aliphatic rings. The predicted molar refractivity (Wildman–Crippen MR) is 137 cm³/mol. The number of hydrogen-bond acceptors (Lipinski definition) is 8. The SMILES string of the molecule is COC(=O)c1ccccc1OC(=O)c1cccc(-c2ccccc2)c1C(=O)Oc1ccccc1C(=O)OC. The molecule has 0 amide bonds. The molecule has 0 heterocycles. The summed E-state index contributed by atoms with van der Waals surface area (Å²) >= 11 is 0. The molecule has 4 aromatic rings. The minimum atomic E-state index is -0.896. The predicted octanol–water partition coefficient (Wildman–Crippen LogP) is 5.37. The van der Waals surface area contributed by atoms with Crippen molar-refractivity contribution in [3.05, 3.63) is 119 Å². The Kier molecular flexibility index (Phi) is 7.93. The molecule has 0 bridgehead atoms. The number of ether oxygens (including phenoxy) is 4. The van der Waals surface area contributed by atoms with Crippen molar-refractivity contribution >= 4 is 23.9 Å². The number of benzene rings is 4. The highest BCUT2D eigenvalue weighted by Gasteiger charge is 2.27. The maximum absolute atomic E-state index is 13.6. The lowest BCUT2D eigenvalue weighted by Gasteiger charge is -2.15. The molecule has 0 aromatic heterocycles. The van der Waals surface area contributed by atoms with Crippen molar-refractivity contribution in [3.8, 4) is 22.6 Å². The molecule has 4 rings (SSSR count). The van der Waals surface area contributed by atoms with Crippen LogP contribution in [0.1, 0.15) is 41.4 Å². The molecule has 190 valence electrons. The molecule has 0 N–H and O–H groups in total. The van der Waals surface area contributed by atoms with Gasteiger partial charge in [0, 0.05) is 0 Å². The number of carbonyl (C=O) groups is 4. The van der Waals surface area contributed by atoms with Crippen LogP contribution in [-0.2, 0) is 9.47 Å². The van der Waals surface area contributed by atoms with Crippen molar-refractivity contribution < 1.29 is 38.1 Å². The summed E-state index contributed by atoms with van der Waals surface area (Å²) in [6.07, 6.45) is 0. The molecule has 0 fully saturated rings. The molecular formula is C30H22O8. The van der Waals surface area contributed by atoms with Crippen LogP contribution in [0.2, 0.25) is 0 Å². The molecule has 8 nitrogen and oxygen atoms in total. The molecule has 0 aliphatic heterocycles. The van der Waals surface area contributed by atoms with Crippen LogP contribution in [-0.4, -0.2) is 38.1 Å². The van der Waals surface area contributed by atoms with Gasteiger partial charge in [-0.05, 0) is 41.5 Å². The van der Waals surface area contributed by atoms with E-state index in [0.717, 1.165) is 0 Å². The minimum absolute atomic E-state index is 0.0372. The molecule has 0 atom stereocenters. The number of hydrogen-bond donors (Lipinski definition) is 0. The molecule has 0 spiro atoms. The minimum Gasteiger partial charge on any atom is -0.465 e. The summed E-state index contributed by atoms with van der Waals surface area (Å²) in [5.74, 6) is -3.25. The Morgan fingerprint density at radius 1 is 0.474 bits per heavy atom. The second-order valence-corrected chi connectivity index (χ2v) is 7.85. The van der Waals surface area contributed by atoms with Crippen molar-refractivity contribution in [1.29, 1.82) is 0 Å². The van der Waals surface area contributed by atoms with Gasteiger partial charge in [-0.3, -0.25) is 0 Å². The lowest BCUT2D eigenvalue weighted by molar-refractivity contribution is 0.0577. The van der Waals surface area contributed by atoms with Gasteiger partial charge in [-0.2, -0.15) is 0 Å². The number of methoxy groups -OCH3 is 2. The lowest BCUT2D eigenvalue weighted by atomic mass is 9.95. The third kappa shape index (κ3) is 5.44.